The van der Waals surface area contributed by atoms with Gasteiger partial charge in [-0.05, 0) is 110 Å². The molecule has 8 nitrogen and oxygen atoms in total. The van der Waals surface area contributed by atoms with E-state index < -0.39 is 12.1 Å². The second-order valence-corrected chi connectivity index (χ2v) is 14.4. The van der Waals surface area contributed by atoms with Crippen LogP contribution in [-0.4, -0.2) is 60.9 Å². The quantitative estimate of drug-likeness (QED) is 0.151. The lowest BCUT2D eigenvalue weighted by Gasteiger charge is -2.34. The van der Waals surface area contributed by atoms with Crippen LogP contribution >= 0.6 is 0 Å². The number of rotatable bonds is 9. The Bertz CT molecular complexity index is 1760. The zero-order chi connectivity index (χ0) is 36.1. The average Bonchev–Trinajstić information content (AvgIpc) is 3.18. The summed E-state index contributed by atoms with van der Waals surface area (Å²) in [5.41, 5.74) is 7.85. The molecule has 4 N–H and O–H groups in total. The van der Waals surface area contributed by atoms with Gasteiger partial charge < -0.3 is 26.2 Å². The maximum absolute atomic E-state index is 14.1. The van der Waals surface area contributed by atoms with Gasteiger partial charge in [-0.3, -0.25) is 14.4 Å². The second-order valence-electron chi connectivity index (χ2n) is 14.4. The molecule has 272 valence electrons. The molecule has 2 aliphatic heterocycles. The van der Waals surface area contributed by atoms with Gasteiger partial charge in [0.1, 0.15) is 6.04 Å². The SMILES string of the molecule is Cc1ccc2cc1CNC(=O)C(CCc1ccccc1)NC(=O)[C@@H](NCCCc1ccc(-c3ccccc3)cc1)CC(=O)N1CCCC(CCN2)C1. The van der Waals surface area contributed by atoms with E-state index in [9.17, 15) is 14.4 Å². The lowest BCUT2D eigenvalue weighted by Crippen LogP contribution is -2.54. The Hall–Kier alpha value is -4.95. The summed E-state index contributed by atoms with van der Waals surface area (Å²) in [7, 11) is 0. The topological polar surface area (TPSA) is 103 Å². The number of hydrogen-bond acceptors (Lipinski definition) is 5. The fourth-order valence-corrected chi connectivity index (χ4v) is 7.35. The van der Waals surface area contributed by atoms with Crippen LogP contribution in [-0.2, 0) is 33.8 Å². The van der Waals surface area contributed by atoms with Gasteiger partial charge >= 0.3 is 0 Å². The van der Waals surface area contributed by atoms with Gasteiger partial charge in [-0.15, -0.1) is 0 Å². The second kappa shape index (κ2) is 18.5. The van der Waals surface area contributed by atoms with Crippen molar-refractivity contribution in [1.82, 2.24) is 20.9 Å². The Morgan fingerprint density at radius 3 is 2.29 bits per heavy atom. The molecule has 4 bridgehead atoms. The number of hydrogen-bond donors (Lipinski definition) is 4. The Labute approximate surface area is 308 Å². The Morgan fingerprint density at radius 2 is 1.50 bits per heavy atom. The number of carbonyl (C=O) groups is 3. The number of nitrogens with zero attached hydrogens (tertiary/aromatic N) is 1. The predicted molar refractivity (Wildman–Crippen MR) is 209 cm³/mol. The molecule has 3 amide bonds. The van der Waals surface area contributed by atoms with Crippen LogP contribution in [0.25, 0.3) is 11.1 Å². The van der Waals surface area contributed by atoms with Crippen LogP contribution in [0.1, 0.15) is 60.8 Å². The highest BCUT2D eigenvalue weighted by Gasteiger charge is 2.30. The smallest absolute Gasteiger partial charge is 0.242 e. The fraction of sp³-hybridized carbons (Fsp3) is 0.386. The van der Waals surface area contributed by atoms with Gasteiger partial charge in [0.15, 0.2) is 0 Å². The summed E-state index contributed by atoms with van der Waals surface area (Å²) in [6.07, 6.45) is 5.78. The summed E-state index contributed by atoms with van der Waals surface area (Å²) >= 11 is 0. The van der Waals surface area contributed by atoms with Gasteiger partial charge in [-0.2, -0.15) is 0 Å². The third-order valence-corrected chi connectivity index (χ3v) is 10.5. The molecule has 4 aromatic rings. The highest BCUT2D eigenvalue weighted by Crippen LogP contribution is 2.23. The van der Waals surface area contributed by atoms with Gasteiger partial charge in [0.2, 0.25) is 17.7 Å². The number of aryl methyl sites for hydroxylation is 3. The summed E-state index contributed by atoms with van der Waals surface area (Å²) in [6, 6.07) is 33.7. The van der Waals surface area contributed by atoms with Crippen LogP contribution in [0.5, 0.6) is 0 Å². The van der Waals surface area contributed by atoms with Gasteiger partial charge in [0, 0.05) is 31.9 Å². The van der Waals surface area contributed by atoms with E-state index in [0.29, 0.717) is 44.9 Å². The molecular weight excluding hydrogens is 647 g/mol. The van der Waals surface area contributed by atoms with Crippen molar-refractivity contribution in [1.29, 1.82) is 0 Å². The summed E-state index contributed by atoms with van der Waals surface area (Å²) in [5, 5.41) is 13.2. The number of amides is 3. The van der Waals surface area contributed by atoms with E-state index >= 15 is 0 Å². The van der Waals surface area contributed by atoms with Gasteiger partial charge in [-0.25, -0.2) is 0 Å². The molecule has 1 fully saturated rings. The van der Waals surface area contributed by atoms with E-state index in [2.05, 4.69) is 82.8 Å². The van der Waals surface area contributed by atoms with Gasteiger partial charge in [0.05, 0.1) is 12.5 Å². The van der Waals surface area contributed by atoms with E-state index in [0.717, 1.165) is 61.0 Å². The minimum Gasteiger partial charge on any atom is -0.385 e. The van der Waals surface area contributed by atoms with Crippen molar-refractivity contribution in [2.45, 2.75) is 76.9 Å². The molecule has 0 aromatic heterocycles. The van der Waals surface area contributed by atoms with Crippen LogP contribution in [0.15, 0.2) is 103 Å². The van der Waals surface area contributed by atoms with Crippen molar-refractivity contribution in [3.8, 4) is 11.1 Å². The normalized spacial score (nSPS) is 20.2. The minimum absolute atomic E-state index is 0.0172. The maximum atomic E-state index is 14.1. The Kier molecular flexibility index (Phi) is 13.1. The first-order chi connectivity index (χ1) is 25.4. The molecule has 0 radical (unpaired) electrons. The van der Waals surface area contributed by atoms with Crippen LogP contribution in [0.4, 0.5) is 5.69 Å². The van der Waals surface area contributed by atoms with E-state index in [1.54, 1.807) is 0 Å². The van der Waals surface area contributed by atoms with Crippen molar-refractivity contribution in [2.24, 2.45) is 5.92 Å². The highest BCUT2D eigenvalue weighted by atomic mass is 16.2. The van der Waals surface area contributed by atoms with Crippen LogP contribution in [0.2, 0.25) is 0 Å². The number of piperidine rings is 1. The fourth-order valence-electron chi connectivity index (χ4n) is 7.35. The number of carbonyl (C=O) groups excluding carboxylic acids is 3. The standard InChI is InChI=1S/C44H53N5O3/c1-32-16-22-39-28-38(32)30-47-43(51)40(23-19-33-10-4-2-5-11-33)48-44(52)41(29-42(50)49-27-9-13-35(31-49)24-26-45-39)46-25-8-12-34-17-20-37(21-18-34)36-14-6-3-7-15-36/h2-7,10-11,14-18,20-22,28,35,40-41,45-46H,8-9,12-13,19,23-27,29-31H2,1H3,(H,47,51)(H,48,52)/t35?,40?,41-/m0/s1. The van der Waals surface area contributed by atoms with E-state index in [-0.39, 0.29) is 24.1 Å². The molecule has 2 heterocycles. The van der Waals surface area contributed by atoms with Crippen molar-refractivity contribution in [3.63, 3.8) is 0 Å². The monoisotopic (exact) mass is 699 g/mol. The van der Waals surface area contributed by atoms with Gasteiger partial charge in [0.25, 0.3) is 0 Å². The number of fused-ring (bicyclic) bond motifs is 4. The molecule has 0 spiro atoms. The van der Waals surface area contributed by atoms with E-state index in [4.69, 9.17) is 0 Å². The van der Waals surface area contributed by atoms with Crippen molar-refractivity contribution in [2.75, 3.05) is 31.5 Å². The minimum atomic E-state index is -0.755. The molecule has 8 heteroatoms. The molecule has 3 atom stereocenters. The highest BCUT2D eigenvalue weighted by molar-refractivity contribution is 5.92. The Morgan fingerprint density at radius 1 is 0.769 bits per heavy atom. The summed E-state index contributed by atoms with van der Waals surface area (Å²) in [6.45, 7) is 5.20. The first-order valence-corrected chi connectivity index (χ1v) is 19.0. The van der Waals surface area contributed by atoms with Crippen LogP contribution in [0, 0.1) is 12.8 Å². The van der Waals surface area contributed by atoms with Crippen molar-refractivity contribution >= 4 is 23.4 Å². The zero-order valence-electron chi connectivity index (χ0n) is 30.4. The lowest BCUT2D eigenvalue weighted by atomic mass is 9.94. The molecule has 0 aliphatic carbocycles. The first-order valence-electron chi connectivity index (χ1n) is 19.0. The molecule has 0 saturated carbocycles. The molecule has 52 heavy (non-hydrogen) atoms. The number of benzene rings is 4. The summed E-state index contributed by atoms with van der Waals surface area (Å²) in [4.78, 5) is 43.6. The van der Waals surface area contributed by atoms with E-state index in [1.165, 1.54) is 16.7 Å². The van der Waals surface area contributed by atoms with Gasteiger partial charge in [-0.1, -0.05) is 91.0 Å². The summed E-state index contributed by atoms with van der Waals surface area (Å²) in [5.74, 6) is -0.155. The largest absolute Gasteiger partial charge is 0.385 e. The molecule has 6 rings (SSSR count). The molecular formula is C44H53N5O3. The average molecular weight is 700 g/mol. The third-order valence-electron chi connectivity index (χ3n) is 10.5. The lowest BCUT2D eigenvalue weighted by molar-refractivity contribution is -0.137. The third kappa shape index (κ3) is 10.5. The molecule has 1 saturated heterocycles. The number of anilines is 1. The predicted octanol–water partition coefficient (Wildman–Crippen LogP) is 6.43. The first kappa shape index (κ1) is 36.8. The summed E-state index contributed by atoms with van der Waals surface area (Å²) < 4.78 is 0. The number of nitrogens with one attached hydrogen (secondary N) is 4. The Balaban J connectivity index is 1.17. The van der Waals surface area contributed by atoms with Crippen LogP contribution in [0.3, 0.4) is 0 Å². The molecule has 4 aromatic carbocycles. The van der Waals surface area contributed by atoms with Crippen LogP contribution < -0.4 is 21.3 Å². The molecule has 2 aliphatic rings. The van der Waals surface area contributed by atoms with E-state index in [1.807, 2.05) is 53.4 Å². The van der Waals surface area contributed by atoms with Crippen molar-refractivity contribution < 1.29 is 14.4 Å². The maximum Gasteiger partial charge on any atom is 0.242 e. The molecule has 2 unspecified atom stereocenters. The zero-order valence-corrected chi connectivity index (χ0v) is 30.4. The van der Waals surface area contributed by atoms with Crippen molar-refractivity contribution in [3.05, 3.63) is 125 Å².